The van der Waals surface area contributed by atoms with Gasteiger partial charge in [0.1, 0.15) is 4.60 Å². The van der Waals surface area contributed by atoms with Crippen LogP contribution in [-0.4, -0.2) is 57.5 Å². The smallest absolute Gasteiger partial charge is 0.399 e. The Bertz CT molecular complexity index is 5400. The lowest BCUT2D eigenvalue weighted by molar-refractivity contribution is 0.00578. The fraction of sp³-hybridized carbons (Fsp3) is 0.103. The molecule has 0 radical (unpaired) electrons. The molecule has 0 amide bonds. The first-order valence-corrected chi connectivity index (χ1v) is 33.8. The van der Waals surface area contributed by atoms with Gasteiger partial charge in [0.05, 0.1) is 62.1 Å². The zero-order valence-electron chi connectivity index (χ0n) is 55.2. The van der Waals surface area contributed by atoms with E-state index in [1.54, 1.807) is 0 Å². The van der Waals surface area contributed by atoms with E-state index in [0.29, 0.717) is 5.82 Å². The maximum atomic E-state index is 6.24. The third-order valence-corrected chi connectivity index (χ3v) is 19.1. The molecule has 0 saturated carbocycles. The Morgan fingerprint density at radius 3 is 1.06 bits per heavy atom. The molecule has 99 heavy (non-hydrogen) atoms. The summed E-state index contributed by atoms with van der Waals surface area (Å²) in [5.41, 5.74) is 21.3. The fourth-order valence-corrected chi connectivity index (χ4v) is 13.2. The topological polar surface area (TPSA) is 105 Å². The SMILES string of the molecule is Brc1cc(-c2ccccc2)nc(-c2ccccc2)n1.C.Cc1c(-c2ccc(-c3cc(-c4ccccc4)nc(-c4ccccc4)n3)cc2)nn2c(-c3ccccc3)cc3ccccc3c12.Cc1c(-c2ccc(B3OC(C)(C)C(C)(C)O3)cc2)nn2c(-c3ccccc3)cc3ccccc3c12.[2HH]. The van der Waals surface area contributed by atoms with Gasteiger partial charge in [-0.1, -0.05) is 286 Å². The van der Waals surface area contributed by atoms with E-state index < -0.39 is 0 Å². The van der Waals surface area contributed by atoms with Crippen molar-refractivity contribution in [3.8, 4) is 102 Å². The lowest BCUT2D eigenvalue weighted by atomic mass is 9.78. The number of halogens is 1. The predicted octanol–water partition coefficient (Wildman–Crippen LogP) is 21.8. The third-order valence-electron chi connectivity index (χ3n) is 18.6. The minimum absolute atomic E-state index is 0. The largest absolute Gasteiger partial charge is 0.494 e. The summed E-state index contributed by atoms with van der Waals surface area (Å²) < 4.78 is 17.5. The lowest BCUT2D eigenvalue weighted by Crippen LogP contribution is -2.41. The average Bonchev–Trinajstić information content (AvgIpc) is 1.55. The van der Waals surface area contributed by atoms with Gasteiger partial charge in [-0.25, -0.2) is 29.0 Å². The zero-order chi connectivity index (χ0) is 66.9. The summed E-state index contributed by atoms with van der Waals surface area (Å²) in [6.07, 6.45) is 0. The van der Waals surface area contributed by atoms with Crippen molar-refractivity contribution in [3.63, 3.8) is 0 Å². The van der Waals surface area contributed by atoms with Gasteiger partial charge in [0.2, 0.25) is 0 Å². The highest BCUT2D eigenvalue weighted by Gasteiger charge is 2.51. The molecule has 16 aromatic rings. The van der Waals surface area contributed by atoms with Gasteiger partial charge in [0.25, 0.3) is 0 Å². The highest BCUT2D eigenvalue weighted by atomic mass is 79.9. The number of nitrogens with zero attached hydrogens (tertiary/aromatic N) is 8. The van der Waals surface area contributed by atoms with Gasteiger partial charge in [0, 0.05) is 73.4 Å². The van der Waals surface area contributed by atoms with Crippen molar-refractivity contribution in [2.45, 2.75) is 60.2 Å². The molecule has 17 rings (SSSR count). The Morgan fingerprint density at radius 1 is 0.343 bits per heavy atom. The molecule has 0 aliphatic carbocycles. The van der Waals surface area contributed by atoms with E-state index in [1.165, 1.54) is 27.1 Å². The van der Waals surface area contributed by atoms with E-state index in [4.69, 9.17) is 29.5 Å². The summed E-state index contributed by atoms with van der Waals surface area (Å²) in [6, 6.07) is 104. The molecule has 12 heteroatoms. The second kappa shape index (κ2) is 27.7. The van der Waals surface area contributed by atoms with Crippen molar-refractivity contribution < 1.29 is 10.7 Å². The molecule has 1 aliphatic heterocycles. The molecular weight excluding hydrogens is 1280 g/mol. The molecule has 6 aromatic heterocycles. The summed E-state index contributed by atoms with van der Waals surface area (Å²) in [5, 5.41) is 15.2. The molecule has 10 aromatic carbocycles. The van der Waals surface area contributed by atoms with Gasteiger partial charge in [0.15, 0.2) is 11.6 Å². The predicted molar refractivity (Wildman–Crippen MR) is 414 cm³/mol. The first kappa shape index (κ1) is 65.0. The van der Waals surface area contributed by atoms with Gasteiger partial charge in [-0.3, -0.25) is 0 Å². The van der Waals surface area contributed by atoms with E-state index >= 15 is 0 Å². The van der Waals surface area contributed by atoms with Crippen molar-refractivity contribution in [1.82, 2.24) is 39.2 Å². The molecule has 1 aliphatic rings. The number of pyridine rings is 2. The molecule has 10 nitrogen and oxygen atoms in total. The highest BCUT2D eigenvalue weighted by molar-refractivity contribution is 9.10. The summed E-state index contributed by atoms with van der Waals surface area (Å²) in [7, 11) is -0.371. The highest BCUT2D eigenvalue weighted by Crippen LogP contribution is 2.40. The Kier molecular flexibility index (Phi) is 18.2. The number of benzene rings is 10. The second-order valence-corrected chi connectivity index (χ2v) is 26.4. The zero-order valence-corrected chi connectivity index (χ0v) is 56.8. The summed E-state index contributed by atoms with van der Waals surface area (Å²) in [5.74, 6) is 1.44. The third kappa shape index (κ3) is 13.1. The number of fused-ring (bicyclic) bond motifs is 6. The fourth-order valence-electron chi connectivity index (χ4n) is 12.8. The molecule has 0 N–H and O–H groups in total. The molecule has 0 unspecified atom stereocenters. The van der Waals surface area contributed by atoms with Crippen LogP contribution in [0.15, 0.2) is 308 Å². The summed E-state index contributed by atoms with van der Waals surface area (Å²) in [6.45, 7) is 12.7. The van der Waals surface area contributed by atoms with Crippen molar-refractivity contribution in [2.24, 2.45) is 0 Å². The minimum Gasteiger partial charge on any atom is -0.399 e. The Labute approximate surface area is 588 Å². The molecule has 7 heterocycles. The van der Waals surface area contributed by atoms with Crippen LogP contribution >= 0.6 is 15.9 Å². The van der Waals surface area contributed by atoms with Crippen LogP contribution in [0.3, 0.4) is 0 Å². The maximum absolute atomic E-state index is 6.24. The monoisotopic (exact) mass is 1350 g/mol. The Balaban J connectivity index is 0.000000143. The molecule has 0 bridgehead atoms. The second-order valence-electron chi connectivity index (χ2n) is 25.5. The van der Waals surface area contributed by atoms with Gasteiger partial charge in [-0.15, -0.1) is 0 Å². The standard InChI is InChI=1S/C40H28N4.C30H29BN2O2.C16H11BrN2.CH4.H2/c1-27-38(43-44-37(30-15-7-3-8-16-30)25-33-19-11-12-20-34(33)39(27)44)31-23-21-29(22-24-31)36-26-35(28-13-5-2-6-14-28)41-40(42-36)32-17-9-4-10-18-32;1-20-27(22-15-17-24(18-16-22)31-34-29(2,3)30(4,5)35-31)32-33-26(21-11-7-6-8-12-21)19-23-13-9-10-14-25(23)28(20)33;17-15-11-14(12-7-3-1-4-8-12)18-16(19-15)13-9-5-2-6-10-13;;/h2-26H,1H3;6-19H,1-5H3;1-11H;1H4;1H/i;;;;1+1. The van der Waals surface area contributed by atoms with E-state index in [1.807, 2.05) is 115 Å². The van der Waals surface area contributed by atoms with E-state index in [0.717, 1.165) is 122 Å². The van der Waals surface area contributed by atoms with Crippen molar-refractivity contribution in [1.29, 1.82) is 0 Å². The number of aryl methyl sites for hydroxylation is 2. The van der Waals surface area contributed by atoms with Gasteiger partial charge in [-0.2, -0.15) is 10.2 Å². The van der Waals surface area contributed by atoms with Crippen molar-refractivity contribution in [3.05, 3.63) is 319 Å². The normalized spacial score (nSPS) is 13.0. The number of aromatic nitrogens is 8. The van der Waals surface area contributed by atoms with Crippen LogP contribution in [0.25, 0.3) is 134 Å². The minimum atomic E-state index is -0.371. The van der Waals surface area contributed by atoms with Gasteiger partial charge < -0.3 is 9.31 Å². The van der Waals surface area contributed by atoms with Crippen LogP contribution in [0, 0.1) is 13.8 Å². The van der Waals surface area contributed by atoms with E-state index in [9.17, 15) is 0 Å². The average molecular weight is 1360 g/mol. The van der Waals surface area contributed by atoms with Crippen LogP contribution in [0.2, 0.25) is 0 Å². The lowest BCUT2D eigenvalue weighted by Gasteiger charge is -2.32. The number of hydrogen-bond donors (Lipinski definition) is 0. The Morgan fingerprint density at radius 2 is 0.657 bits per heavy atom. The van der Waals surface area contributed by atoms with Crippen molar-refractivity contribution >= 4 is 61.1 Å². The Hall–Kier alpha value is -11.3. The molecule has 0 spiro atoms. The number of rotatable bonds is 10. The van der Waals surface area contributed by atoms with Crippen LogP contribution < -0.4 is 5.46 Å². The van der Waals surface area contributed by atoms with E-state index in [2.05, 4.69) is 265 Å². The molecule has 1 fully saturated rings. The first-order chi connectivity index (χ1) is 47.8. The van der Waals surface area contributed by atoms with E-state index in [-0.39, 0.29) is 27.2 Å². The van der Waals surface area contributed by atoms with Gasteiger partial charge >= 0.3 is 7.12 Å². The summed E-state index contributed by atoms with van der Waals surface area (Å²) in [4.78, 5) is 19.0. The van der Waals surface area contributed by atoms with Gasteiger partial charge in [-0.05, 0) is 98.0 Å². The van der Waals surface area contributed by atoms with Crippen LogP contribution in [-0.2, 0) is 9.31 Å². The van der Waals surface area contributed by atoms with Crippen LogP contribution in [0.1, 0.15) is 47.7 Å². The molecule has 484 valence electrons. The quantitative estimate of drug-likeness (QED) is 0.0985. The molecular formula is C87H74BBrN8O2. The maximum Gasteiger partial charge on any atom is 0.494 e. The van der Waals surface area contributed by atoms with Crippen LogP contribution in [0.4, 0.5) is 0 Å². The number of hydrogen-bond acceptors (Lipinski definition) is 8. The van der Waals surface area contributed by atoms with Crippen molar-refractivity contribution in [2.75, 3.05) is 0 Å². The molecule has 0 atom stereocenters. The molecule has 1 saturated heterocycles. The van der Waals surface area contributed by atoms with Crippen LogP contribution in [0.5, 0.6) is 0 Å². The summed E-state index contributed by atoms with van der Waals surface area (Å²) >= 11 is 3.46. The first-order valence-electron chi connectivity index (χ1n) is 33.0.